The van der Waals surface area contributed by atoms with Gasteiger partial charge in [0, 0.05) is 30.8 Å². The van der Waals surface area contributed by atoms with Crippen LogP contribution in [0.1, 0.15) is 35.2 Å². The molecule has 1 saturated heterocycles. The first-order valence-corrected chi connectivity index (χ1v) is 9.88. The van der Waals surface area contributed by atoms with Crippen LogP contribution in [0.15, 0.2) is 66.7 Å². The maximum atomic E-state index is 12.5. The Morgan fingerprint density at radius 3 is 2.68 bits per heavy atom. The van der Waals surface area contributed by atoms with E-state index in [2.05, 4.69) is 47.8 Å². The topological polar surface area (TPSA) is 49.4 Å². The number of carbonyl (C=O) groups excluding carboxylic acids is 2. The van der Waals surface area contributed by atoms with Crippen LogP contribution in [0, 0.1) is 0 Å². The van der Waals surface area contributed by atoms with Gasteiger partial charge < -0.3 is 10.2 Å². The van der Waals surface area contributed by atoms with Crippen LogP contribution < -0.4 is 10.2 Å². The molecule has 4 rings (SSSR count). The predicted molar refractivity (Wildman–Crippen MR) is 113 cm³/mol. The zero-order chi connectivity index (χ0) is 19.3. The number of hydrogen-bond donors (Lipinski definition) is 1. The Morgan fingerprint density at radius 1 is 1.00 bits per heavy atom. The van der Waals surface area contributed by atoms with Crippen LogP contribution in [0.25, 0.3) is 10.8 Å². The summed E-state index contributed by atoms with van der Waals surface area (Å²) in [5.74, 6) is 0.0408. The molecule has 28 heavy (non-hydrogen) atoms. The van der Waals surface area contributed by atoms with Crippen molar-refractivity contribution in [3.63, 3.8) is 0 Å². The molecule has 1 N–H and O–H groups in total. The smallest absolute Gasteiger partial charge is 0.251 e. The third kappa shape index (κ3) is 3.91. The van der Waals surface area contributed by atoms with Crippen LogP contribution in [0.3, 0.4) is 0 Å². The maximum Gasteiger partial charge on any atom is 0.251 e. The van der Waals surface area contributed by atoms with Gasteiger partial charge in [-0.3, -0.25) is 9.59 Å². The molecule has 3 aromatic rings. The summed E-state index contributed by atoms with van der Waals surface area (Å²) >= 11 is 0. The lowest BCUT2D eigenvalue weighted by atomic mass is 10.0. The van der Waals surface area contributed by atoms with E-state index in [4.69, 9.17) is 0 Å². The summed E-state index contributed by atoms with van der Waals surface area (Å²) < 4.78 is 0. The quantitative estimate of drug-likeness (QED) is 0.655. The van der Waals surface area contributed by atoms with E-state index >= 15 is 0 Å². The summed E-state index contributed by atoms with van der Waals surface area (Å²) in [4.78, 5) is 26.2. The van der Waals surface area contributed by atoms with E-state index < -0.39 is 0 Å². The number of nitrogens with one attached hydrogen (secondary N) is 1. The molecule has 4 nitrogen and oxygen atoms in total. The van der Waals surface area contributed by atoms with Gasteiger partial charge >= 0.3 is 0 Å². The Hall–Kier alpha value is -3.14. The van der Waals surface area contributed by atoms with Gasteiger partial charge in [-0.2, -0.15) is 0 Å². The summed E-state index contributed by atoms with van der Waals surface area (Å²) in [6.45, 7) is 1.35. The number of amides is 2. The minimum Gasteiger partial charge on any atom is -0.352 e. The largest absolute Gasteiger partial charge is 0.352 e. The van der Waals surface area contributed by atoms with Crippen LogP contribution in [0.2, 0.25) is 0 Å². The molecular formula is C24H24N2O2. The highest BCUT2D eigenvalue weighted by Gasteiger charge is 2.22. The normalized spacial score (nSPS) is 13.9. The van der Waals surface area contributed by atoms with Gasteiger partial charge in [-0.1, -0.05) is 48.5 Å². The Morgan fingerprint density at radius 2 is 1.82 bits per heavy atom. The van der Waals surface area contributed by atoms with Crippen molar-refractivity contribution in [1.29, 1.82) is 0 Å². The number of carbonyl (C=O) groups is 2. The van der Waals surface area contributed by atoms with Gasteiger partial charge in [-0.15, -0.1) is 0 Å². The molecule has 0 atom stereocenters. The first-order valence-electron chi connectivity index (χ1n) is 9.88. The van der Waals surface area contributed by atoms with Gasteiger partial charge in [0.25, 0.3) is 5.91 Å². The Labute approximate surface area is 165 Å². The van der Waals surface area contributed by atoms with E-state index in [-0.39, 0.29) is 11.8 Å². The van der Waals surface area contributed by atoms with E-state index in [1.54, 1.807) is 11.0 Å². The monoisotopic (exact) mass is 372 g/mol. The molecule has 0 spiro atoms. The molecule has 2 amide bonds. The van der Waals surface area contributed by atoms with Crippen molar-refractivity contribution in [2.75, 3.05) is 18.0 Å². The van der Waals surface area contributed by atoms with E-state index in [9.17, 15) is 9.59 Å². The summed E-state index contributed by atoms with van der Waals surface area (Å²) in [6.07, 6.45) is 3.27. The minimum absolute atomic E-state index is 0.0913. The Kier molecular flexibility index (Phi) is 5.38. The molecule has 0 aromatic heterocycles. The number of fused-ring (bicyclic) bond motifs is 1. The average Bonchev–Trinajstić information content (AvgIpc) is 3.17. The lowest BCUT2D eigenvalue weighted by molar-refractivity contribution is -0.117. The zero-order valence-corrected chi connectivity index (χ0v) is 15.9. The van der Waals surface area contributed by atoms with Crippen LogP contribution in [-0.2, 0) is 11.2 Å². The van der Waals surface area contributed by atoms with Crippen molar-refractivity contribution < 1.29 is 9.59 Å². The van der Waals surface area contributed by atoms with E-state index in [1.165, 1.54) is 16.3 Å². The molecule has 0 aliphatic carbocycles. The highest BCUT2D eigenvalue weighted by Crippen LogP contribution is 2.22. The molecule has 0 bridgehead atoms. The second-order valence-corrected chi connectivity index (χ2v) is 7.20. The van der Waals surface area contributed by atoms with Gasteiger partial charge in [0.05, 0.1) is 0 Å². The number of anilines is 1. The molecule has 0 saturated carbocycles. The fraction of sp³-hybridized carbons (Fsp3) is 0.250. The average molecular weight is 372 g/mol. The fourth-order valence-corrected chi connectivity index (χ4v) is 3.83. The lowest BCUT2D eigenvalue weighted by Crippen LogP contribution is -2.26. The van der Waals surface area contributed by atoms with Crippen molar-refractivity contribution in [3.8, 4) is 0 Å². The second kappa shape index (κ2) is 8.26. The molecule has 0 unspecified atom stereocenters. The first kappa shape index (κ1) is 18.2. The van der Waals surface area contributed by atoms with Crippen LogP contribution in [0.5, 0.6) is 0 Å². The maximum absolute atomic E-state index is 12.5. The molecular weight excluding hydrogens is 348 g/mol. The van der Waals surface area contributed by atoms with Crippen LogP contribution in [0.4, 0.5) is 5.69 Å². The molecule has 3 aromatic carbocycles. The number of rotatable bonds is 6. The molecule has 1 heterocycles. The van der Waals surface area contributed by atoms with Crippen molar-refractivity contribution in [2.45, 2.75) is 25.7 Å². The molecule has 142 valence electrons. The van der Waals surface area contributed by atoms with Crippen LogP contribution >= 0.6 is 0 Å². The highest BCUT2D eigenvalue weighted by atomic mass is 16.2. The molecule has 0 radical (unpaired) electrons. The zero-order valence-electron chi connectivity index (χ0n) is 15.9. The Bertz CT molecular complexity index is 1010. The summed E-state index contributed by atoms with van der Waals surface area (Å²) in [5.41, 5.74) is 2.72. The van der Waals surface area contributed by atoms with Crippen molar-refractivity contribution in [3.05, 3.63) is 77.9 Å². The van der Waals surface area contributed by atoms with Gasteiger partial charge in [0.15, 0.2) is 0 Å². The lowest BCUT2D eigenvalue weighted by Gasteiger charge is -2.16. The van der Waals surface area contributed by atoms with Gasteiger partial charge in [-0.05, 0) is 53.8 Å². The number of nitrogens with zero attached hydrogens (tertiary/aromatic N) is 1. The van der Waals surface area contributed by atoms with Crippen molar-refractivity contribution in [2.24, 2.45) is 0 Å². The van der Waals surface area contributed by atoms with Gasteiger partial charge in [0.1, 0.15) is 0 Å². The summed E-state index contributed by atoms with van der Waals surface area (Å²) in [5, 5.41) is 5.53. The first-order chi connectivity index (χ1) is 13.7. The molecule has 1 aliphatic heterocycles. The third-order valence-electron chi connectivity index (χ3n) is 5.28. The summed E-state index contributed by atoms with van der Waals surface area (Å²) in [7, 11) is 0. The van der Waals surface area contributed by atoms with E-state index in [0.717, 1.165) is 31.5 Å². The number of benzene rings is 3. The number of hydrogen-bond acceptors (Lipinski definition) is 2. The van der Waals surface area contributed by atoms with E-state index in [1.807, 2.05) is 18.2 Å². The van der Waals surface area contributed by atoms with E-state index in [0.29, 0.717) is 18.5 Å². The minimum atomic E-state index is -0.0913. The standard InChI is InChI=1S/C24H24N2O2/c27-23-14-6-16-26(23)21-12-4-10-20(17-21)24(28)25-15-5-11-19-9-3-8-18-7-1-2-13-22(18)19/h1-4,7-10,12-13,17H,5-6,11,14-16H2,(H,25,28). The molecule has 1 aliphatic rings. The van der Waals surface area contributed by atoms with Gasteiger partial charge in [-0.25, -0.2) is 0 Å². The molecule has 4 heteroatoms. The Balaban J connectivity index is 1.34. The number of aryl methyl sites for hydroxylation is 1. The SMILES string of the molecule is O=C(NCCCc1cccc2ccccc12)c1cccc(N2CCCC2=O)c1. The predicted octanol–water partition coefficient (Wildman–Crippen LogP) is 4.33. The fourth-order valence-electron chi connectivity index (χ4n) is 3.83. The summed E-state index contributed by atoms with van der Waals surface area (Å²) in [6, 6.07) is 22.1. The highest BCUT2D eigenvalue weighted by molar-refractivity contribution is 5.99. The van der Waals surface area contributed by atoms with Crippen molar-refractivity contribution in [1.82, 2.24) is 5.32 Å². The van der Waals surface area contributed by atoms with Gasteiger partial charge in [0.2, 0.25) is 5.91 Å². The van der Waals surface area contributed by atoms with Crippen molar-refractivity contribution >= 4 is 28.3 Å². The second-order valence-electron chi connectivity index (χ2n) is 7.20. The molecule has 1 fully saturated rings. The third-order valence-corrected chi connectivity index (χ3v) is 5.28. The van der Waals surface area contributed by atoms with Crippen LogP contribution in [-0.4, -0.2) is 24.9 Å².